The molecule has 1 aromatic heterocycles. The molecule has 30 heavy (non-hydrogen) atoms. The zero-order chi connectivity index (χ0) is 20.8. The summed E-state index contributed by atoms with van der Waals surface area (Å²) in [6, 6.07) is 17.2. The van der Waals surface area contributed by atoms with E-state index in [2.05, 4.69) is 22.3 Å². The highest BCUT2D eigenvalue weighted by atomic mass is 16.5. The van der Waals surface area contributed by atoms with Crippen molar-refractivity contribution in [2.24, 2.45) is 0 Å². The maximum atomic E-state index is 12.4. The van der Waals surface area contributed by atoms with Gasteiger partial charge in [-0.15, -0.1) is 0 Å². The van der Waals surface area contributed by atoms with Crippen LogP contribution < -0.4 is 19.7 Å². The highest BCUT2D eigenvalue weighted by Crippen LogP contribution is 2.27. The predicted octanol–water partition coefficient (Wildman–Crippen LogP) is 4.64. The monoisotopic (exact) mass is 405 g/mol. The van der Waals surface area contributed by atoms with Crippen LogP contribution in [0.2, 0.25) is 0 Å². The molecule has 3 aromatic rings. The Labute approximate surface area is 176 Å². The van der Waals surface area contributed by atoms with E-state index >= 15 is 0 Å². The number of hydrogen-bond acceptors (Lipinski definition) is 5. The first kappa shape index (κ1) is 20.0. The lowest BCUT2D eigenvalue weighted by molar-refractivity contribution is -0.118. The Morgan fingerprint density at radius 2 is 1.83 bits per heavy atom. The minimum Gasteiger partial charge on any atom is -0.497 e. The lowest BCUT2D eigenvalue weighted by Gasteiger charge is -2.22. The first-order valence-corrected chi connectivity index (χ1v) is 10.4. The summed E-state index contributed by atoms with van der Waals surface area (Å²) >= 11 is 0. The molecule has 1 aliphatic rings. The van der Waals surface area contributed by atoms with E-state index in [4.69, 9.17) is 14.5 Å². The van der Waals surface area contributed by atoms with Crippen molar-refractivity contribution in [2.75, 3.05) is 37.0 Å². The van der Waals surface area contributed by atoms with Crippen molar-refractivity contribution in [3.63, 3.8) is 0 Å². The Kier molecular flexibility index (Phi) is 6.32. The zero-order valence-electron chi connectivity index (χ0n) is 17.3. The van der Waals surface area contributed by atoms with Gasteiger partial charge < -0.3 is 19.7 Å². The van der Waals surface area contributed by atoms with E-state index in [1.165, 1.54) is 25.7 Å². The Hall–Kier alpha value is -3.28. The van der Waals surface area contributed by atoms with Gasteiger partial charge in [0.1, 0.15) is 22.8 Å². The number of carbonyl (C=O) groups excluding carboxylic acids is 1. The molecule has 0 aliphatic carbocycles. The summed E-state index contributed by atoms with van der Waals surface area (Å²) in [7, 11) is 1.59. The van der Waals surface area contributed by atoms with Crippen LogP contribution in [0, 0.1) is 0 Å². The number of methoxy groups -OCH3 is 1. The normalized spacial score (nSPS) is 14.2. The molecule has 156 valence electrons. The van der Waals surface area contributed by atoms with E-state index < -0.39 is 0 Å². The van der Waals surface area contributed by atoms with Gasteiger partial charge in [0.2, 0.25) is 0 Å². The molecule has 0 spiro atoms. The zero-order valence-corrected chi connectivity index (χ0v) is 17.3. The number of anilines is 2. The highest BCUT2D eigenvalue weighted by Gasteiger charge is 2.14. The summed E-state index contributed by atoms with van der Waals surface area (Å²) < 4.78 is 11.0. The van der Waals surface area contributed by atoms with E-state index in [1.807, 2.05) is 36.4 Å². The van der Waals surface area contributed by atoms with Gasteiger partial charge in [0.15, 0.2) is 6.61 Å². The number of ether oxygens (including phenoxy) is 2. The van der Waals surface area contributed by atoms with Crippen LogP contribution in [0.15, 0.2) is 54.6 Å². The van der Waals surface area contributed by atoms with Crippen molar-refractivity contribution >= 4 is 28.3 Å². The molecule has 0 bridgehead atoms. The molecule has 2 aromatic carbocycles. The maximum absolute atomic E-state index is 12.4. The average molecular weight is 405 g/mol. The number of hydrogen-bond donors (Lipinski definition) is 1. The molecule has 1 saturated heterocycles. The van der Waals surface area contributed by atoms with Crippen LogP contribution in [0.4, 0.5) is 11.5 Å². The number of nitrogens with zero attached hydrogens (tertiary/aromatic N) is 2. The van der Waals surface area contributed by atoms with Crippen molar-refractivity contribution < 1.29 is 14.3 Å². The Morgan fingerprint density at radius 3 is 2.63 bits per heavy atom. The summed E-state index contributed by atoms with van der Waals surface area (Å²) in [4.78, 5) is 19.6. The second-order valence-electron chi connectivity index (χ2n) is 7.47. The van der Waals surface area contributed by atoms with Crippen molar-refractivity contribution in [2.45, 2.75) is 25.7 Å². The van der Waals surface area contributed by atoms with E-state index in [9.17, 15) is 4.79 Å². The van der Waals surface area contributed by atoms with Crippen LogP contribution in [-0.2, 0) is 4.79 Å². The minimum absolute atomic E-state index is 0.0913. The van der Waals surface area contributed by atoms with Gasteiger partial charge in [0.25, 0.3) is 5.91 Å². The van der Waals surface area contributed by atoms with E-state index in [0.717, 1.165) is 29.8 Å². The van der Waals surface area contributed by atoms with Gasteiger partial charge in [-0.1, -0.05) is 31.0 Å². The second kappa shape index (κ2) is 9.48. The summed E-state index contributed by atoms with van der Waals surface area (Å²) in [6.07, 6.45) is 4.95. The van der Waals surface area contributed by atoms with Gasteiger partial charge in [-0.2, -0.15) is 0 Å². The molecular weight excluding hydrogens is 378 g/mol. The minimum atomic E-state index is -0.232. The molecule has 0 atom stereocenters. The number of pyridine rings is 1. The molecule has 1 amide bonds. The standard InChI is InChI=1S/C24H27N3O3/c1-29-20-10-7-9-19(16-20)25-23(28)17-30-21-11-6-8-18-12-13-22(26-24(18)21)27-14-4-2-3-5-15-27/h6-13,16H,2-5,14-15,17H2,1H3,(H,25,28). The van der Waals surface area contributed by atoms with Crippen molar-refractivity contribution in [3.8, 4) is 11.5 Å². The summed E-state index contributed by atoms with van der Waals surface area (Å²) in [6.45, 7) is 1.97. The lowest BCUT2D eigenvalue weighted by Crippen LogP contribution is -2.24. The molecule has 1 fully saturated rings. The number of rotatable bonds is 6. The largest absolute Gasteiger partial charge is 0.497 e. The smallest absolute Gasteiger partial charge is 0.262 e. The summed E-state index contributed by atoms with van der Waals surface area (Å²) in [5.41, 5.74) is 1.45. The molecule has 1 aliphatic heterocycles. The number of amides is 1. The number of fused-ring (bicyclic) bond motifs is 1. The molecule has 6 nitrogen and oxygen atoms in total. The van der Waals surface area contributed by atoms with E-state index in [-0.39, 0.29) is 12.5 Å². The third-order valence-electron chi connectivity index (χ3n) is 5.31. The molecule has 6 heteroatoms. The summed E-state index contributed by atoms with van der Waals surface area (Å²) in [5, 5.41) is 3.83. The number of aromatic nitrogens is 1. The first-order chi connectivity index (χ1) is 14.7. The van der Waals surface area contributed by atoms with Crippen LogP contribution >= 0.6 is 0 Å². The maximum Gasteiger partial charge on any atom is 0.262 e. The fourth-order valence-electron chi connectivity index (χ4n) is 3.74. The molecule has 1 N–H and O–H groups in total. The molecule has 0 unspecified atom stereocenters. The van der Waals surface area contributed by atoms with Gasteiger partial charge in [-0.3, -0.25) is 4.79 Å². The number of benzene rings is 2. The van der Waals surface area contributed by atoms with Crippen LogP contribution in [0.5, 0.6) is 11.5 Å². The Bertz CT molecular complexity index is 1010. The van der Waals surface area contributed by atoms with Gasteiger partial charge in [-0.25, -0.2) is 4.98 Å². The number of nitrogens with one attached hydrogen (secondary N) is 1. The fourth-order valence-corrected chi connectivity index (χ4v) is 3.74. The highest BCUT2D eigenvalue weighted by molar-refractivity contribution is 5.92. The SMILES string of the molecule is COc1cccc(NC(=O)COc2cccc3ccc(N4CCCCCC4)nc23)c1. The first-order valence-electron chi connectivity index (χ1n) is 10.4. The van der Waals surface area contributed by atoms with Gasteiger partial charge in [0, 0.05) is 30.2 Å². The van der Waals surface area contributed by atoms with Crippen molar-refractivity contribution in [1.29, 1.82) is 0 Å². The molecule has 2 heterocycles. The Morgan fingerprint density at radius 1 is 1.03 bits per heavy atom. The molecule has 4 rings (SSSR count). The molecular formula is C24H27N3O3. The van der Waals surface area contributed by atoms with Crippen molar-refractivity contribution in [3.05, 3.63) is 54.6 Å². The number of para-hydroxylation sites is 1. The van der Waals surface area contributed by atoms with Crippen molar-refractivity contribution in [1.82, 2.24) is 4.98 Å². The van der Waals surface area contributed by atoms with Gasteiger partial charge in [-0.05, 0) is 43.2 Å². The summed E-state index contributed by atoms with van der Waals surface area (Å²) in [5.74, 6) is 2.04. The predicted molar refractivity (Wildman–Crippen MR) is 120 cm³/mol. The van der Waals surface area contributed by atoms with Crippen LogP contribution in [-0.4, -0.2) is 37.7 Å². The average Bonchev–Trinajstić information content (AvgIpc) is 3.07. The molecule has 0 radical (unpaired) electrons. The third kappa shape index (κ3) is 4.82. The van der Waals surface area contributed by atoms with Crippen LogP contribution in [0.3, 0.4) is 0 Å². The van der Waals surface area contributed by atoms with Gasteiger partial charge in [0.05, 0.1) is 7.11 Å². The van der Waals surface area contributed by atoms with Crippen LogP contribution in [0.1, 0.15) is 25.7 Å². The quantitative estimate of drug-likeness (QED) is 0.647. The molecule has 0 saturated carbocycles. The third-order valence-corrected chi connectivity index (χ3v) is 5.31. The lowest BCUT2D eigenvalue weighted by atomic mass is 10.2. The number of carbonyl (C=O) groups is 1. The second-order valence-corrected chi connectivity index (χ2v) is 7.47. The topological polar surface area (TPSA) is 63.7 Å². The van der Waals surface area contributed by atoms with Crippen LogP contribution in [0.25, 0.3) is 10.9 Å². The van der Waals surface area contributed by atoms with E-state index in [0.29, 0.717) is 17.2 Å². The Balaban J connectivity index is 1.47. The van der Waals surface area contributed by atoms with E-state index in [1.54, 1.807) is 13.2 Å². The van der Waals surface area contributed by atoms with Gasteiger partial charge >= 0.3 is 0 Å². The fraction of sp³-hybridized carbons (Fsp3) is 0.333.